The lowest BCUT2D eigenvalue weighted by Crippen LogP contribution is -2.28. The van der Waals surface area contributed by atoms with E-state index in [0.29, 0.717) is 0 Å². The van der Waals surface area contributed by atoms with E-state index in [1.165, 1.54) is 55.3 Å². The number of benzene rings is 6. The maximum Gasteiger partial charge on any atom is 0.0713 e. The van der Waals surface area contributed by atoms with Crippen molar-refractivity contribution in [3.63, 3.8) is 0 Å². The first kappa shape index (κ1) is 20.0. The molecule has 1 aliphatic carbocycles. The maximum absolute atomic E-state index is 3.22. The van der Waals surface area contributed by atoms with Gasteiger partial charge in [0, 0.05) is 0 Å². The second-order valence-electron chi connectivity index (χ2n) is 9.28. The first-order valence-corrected chi connectivity index (χ1v) is 12.1. The SMILES string of the molecule is [c]1ccc2ccc(-c3ccc4c(c3)C(c3ccccc3)(c3ccccc3)c3ccccc3-4)cc2c1. The molecule has 1 radical (unpaired) electrons. The van der Waals surface area contributed by atoms with Crippen molar-refractivity contribution in [1.82, 2.24) is 0 Å². The summed E-state index contributed by atoms with van der Waals surface area (Å²) >= 11 is 0. The quantitative estimate of drug-likeness (QED) is 0.256. The fourth-order valence-electron chi connectivity index (χ4n) is 5.93. The van der Waals surface area contributed by atoms with E-state index in [0.717, 1.165) is 0 Å². The van der Waals surface area contributed by atoms with Crippen LogP contribution in [0, 0.1) is 6.07 Å². The molecule has 0 nitrogen and oxygen atoms in total. The Kier molecular flexibility index (Phi) is 4.47. The molecule has 0 aliphatic heterocycles. The van der Waals surface area contributed by atoms with Gasteiger partial charge in [-0.15, -0.1) is 0 Å². The first-order valence-electron chi connectivity index (χ1n) is 12.1. The molecule has 1 aliphatic rings. The Morgan fingerprint density at radius 1 is 0.457 bits per heavy atom. The topological polar surface area (TPSA) is 0 Å². The van der Waals surface area contributed by atoms with Crippen molar-refractivity contribution in [2.24, 2.45) is 0 Å². The van der Waals surface area contributed by atoms with Crippen LogP contribution in [0.3, 0.4) is 0 Å². The maximum atomic E-state index is 3.22. The van der Waals surface area contributed by atoms with Crippen molar-refractivity contribution in [3.05, 3.63) is 168 Å². The van der Waals surface area contributed by atoms with Gasteiger partial charge in [0.2, 0.25) is 0 Å². The van der Waals surface area contributed by atoms with Gasteiger partial charge >= 0.3 is 0 Å². The Bertz CT molecular complexity index is 1640. The van der Waals surface area contributed by atoms with Crippen LogP contribution in [-0.4, -0.2) is 0 Å². The van der Waals surface area contributed by atoms with E-state index in [-0.39, 0.29) is 5.41 Å². The molecule has 0 atom stereocenters. The average Bonchev–Trinajstić information content (AvgIpc) is 3.24. The predicted molar refractivity (Wildman–Crippen MR) is 146 cm³/mol. The van der Waals surface area contributed by atoms with Crippen LogP contribution in [0.15, 0.2) is 140 Å². The van der Waals surface area contributed by atoms with Gasteiger partial charge in [0.25, 0.3) is 0 Å². The predicted octanol–water partition coefficient (Wildman–Crippen LogP) is 8.67. The summed E-state index contributed by atoms with van der Waals surface area (Å²) in [5.41, 5.74) is 10.00. The van der Waals surface area contributed by atoms with Gasteiger partial charge < -0.3 is 0 Å². The molecule has 6 aromatic carbocycles. The van der Waals surface area contributed by atoms with Gasteiger partial charge in [0.15, 0.2) is 0 Å². The van der Waals surface area contributed by atoms with Gasteiger partial charge in [-0.25, -0.2) is 0 Å². The zero-order valence-corrected chi connectivity index (χ0v) is 19.3. The standard InChI is InChI=1S/C35H23/c1-3-13-29(14-4-1)35(30-15-5-2-6-16-30)33-18-10-9-17-31(33)32-22-21-28(24-34(32)35)27-20-19-25-11-7-8-12-26(25)23-27/h1-7,9-24H. The minimum atomic E-state index is -0.366. The smallest absolute Gasteiger partial charge is 0.0622 e. The Morgan fingerprint density at radius 2 is 1.09 bits per heavy atom. The van der Waals surface area contributed by atoms with Crippen molar-refractivity contribution in [1.29, 1.82) is 0 Å². The van der Waals surface area contributed by atoms with E-state index < -0.39 is 0 Å². The average molecular weight is 444 g/mol. The number of fused-ring (bicyclic) bond motifs is 4. The largest absolute Gasteiger partial charge is 0.0713 e. The van der Waals surface area contributed by atoms with Crippen molar-refractivity contribution in [3.8, 4) is 22.3 Å². The molecule has 0 heterocycles. The van der Waals surface area contributed by atoms with E-state index in [2.05, 4.69) is 140 Å². The molecule has 0 heteroatoms. The zero-order chi connectivity index (χ0) is 23.2. The molecule has 0 amide bonds. The molecule has 7 rings (SSSR count). The van der Waals surface area contributed by atoms with Crippen LogP contribution >= 0.6 is 0 Å². The normalized spacial score (nSPS) is 13.4. The monoisotopic (exact) mass is 443 g/mol. The highest BCUT2D eigenvalue weighted by atomic mass is 14.5. The van der Waals surface area contributed by atoms with Gasteiger partial charge in [-0.2, -0.15) is 0 Å². The summed E-state index contributed by atoms with van der Waals surface area (Å²) < 4.78 is 0. The van der Waals surface area contributed by atoms with Crippen LogP contribution in [0.4, 0.5) is 0 Å². The molecule has 0 aromatic heterocycles. The summed E-state index contributed by atoms with van der Waals surface area (Å²) in [4.78, 5) is 0. The van der Waals surface area contributed by atoms with Crippen LogP contribution < -0.4 is 0 Å². The number of hydrogen-bond acceptors (Lipinski definition) is 0. The molecule has 0 bridgehead atoms. The molecule has 163 valence electrons. The van der Waals surface area contributed by atoms with Crippen molar-refractivity contribution in [2.75, 3.05) is 0 Å². The number of hydrogen-bond donors (Lipinski definition) is 0. The van der Waals surface area contributed by atoms with Crippen molar-refractivity contribution < 1.29 is 0 Å². The second kappa shape index (κ2) is 7.82. The fraction of sp³-hybridized carbons (Fsp3) is 0.0286. The highest BCUT2D eigenvalue weighted by Gasteiger charge is 2.45. The molecule has 0 unspecified atom stereocenters. The third-order valence-corrected chi connectivity index (χ3v) is 7.48. The molecule has 0 saturated heterocycles. The Labute approximate surface area is 206 Å². The third kappa shape index (κ3) is 2.93. The molecule has 0 N–H and O–H groups in total. The van der Waals surface area contributed by atoms with E-state index in [9.17, 15) is 0 Å². The van der Waals surface area contributed by atoms with Crippen LogP contribution in [0.2, 0.25) is 0 Å². The Morgan fingerprint density at radius 3 is 1.86 bits per heavy atom. The minimum absolute atomic E-state index is 0.366. The van der Waals surface area contributed by atoms with Crippen LogP contribution in [-0.2, 0) is 5.41 Å². The molecule has 0 fully saturated rings. The lowest BCUT2D eigenvalue weighted by Gasteiger charge is -2.34. The lowest BCUT2D eigenvalue weighted by atomic mass is 9.67. The molecular weight excluding hydrogens is 420 g/mol. The summed E-state index contributed by atoms with van der Waals surface area (Å²) in [6.07, 6.45) is 0. The zero-order valence-electron chi connectivity index (χ0n) is 19.3. The summed E-state index contributed by atoms with van der Waals surface area (Å²) in [5.74, 6) is 0. The summed E-state index contributed by atoms with van der Waals surface area (Å²) in [5, 5.41) is 2.45. The van der Waals surface area contributed by atoms with Crippen LogP contribution in [0.5, 0.6) is 0 Å². The Hall–Kier alpha value is -4.42. The lowest BCUT2D eigenvalue weighted by molar-refractivity contribution is 0.769. The van der Waals surface area contributed by atoms with Gasteiger partial charge in [-0.1, -0.05) is 121 Å². The van der Waals surface area contributed by atoms with Gasteiger partial charge in [-0.05, 0) is 79.5 Å². The van der Waals surface area contributed by atoms with Gasteiger partial charge in [0.1, 0.15) is 0 Å². The van der Waals surface area contributed by atoms with E-state index in [4.69, 9.17) is 0 Å². The summed E-state index contributed by atoms with van der Waals surface area (Å²) in [7, 11) is 0. The third-order valence-electron chi connectivity index (χ3n) is 7.48. The molecule has 0 saturated carbocycles. The van der Waals surface area contributed by atoms with Crippen LogP contribution in [0.25, 0.3) is 33.0 Å². The van der Waals surface area contributed by atoms with Gasteiger partial charge in [-0.3, -0.25) is 0 Å². The first-order chi connectivity index (χ1) is 17.4. The van der Waals surface area contributed by atoms with E-state index in [1.807, 2.05) is 6.07 Å². The Balaban J connectivity index is 1.55. The molecule has 35 heavy (non-hydrogen) atoms. The molecular formula is C35H23. The second-order valence-corrected chi connectivity index (χ2v) is 9.28. The van der Waals surface area contributed by atoms with Crippen molar-refractivity contribution >= 4 is 10.8 Å². The molecule has 0 spiro atoms. The molecule has 6 aromatic rings. The highest BCUT2D eigenvalue weighted by molar-refractivity contribution is 5.91. The van der Waals surface area contributed by atoms with E-state index in [1.54, 1.807) is 0 Å². The van der Waals surface area contributed by atoms with Gasteiger partial charge in [0.05, 0.1) is 5.41 Å². The number of rotatable bonds is 3. The summed E-state index contributed by atoms with van der Waals surface area (Å²) in [6.45, 7) is 0. The van der Waals surface area contributed by atoms with Crippen molar-refractivity contribution in [2.45, 2.75) is 5.41 Å². The minimum Gasteiger partial charge on any atom is -0.0622 e. The van der Waals surface area contributed by atoms with E-state index >= 15 is 0 Å². The van der Waals surface area contributed by atoms with Crippen LogP contribution in [0.1, 0.15) is 22.3 Å². The highest BCUT2D eigenvalue weighted by Crippen LogP contribution is 2.56. The fourth-order valence-corrected chi connectivity index (χ4v) is 5.93. The summed E-state index contributed by atoms with van der Waals surface area (Å²) in [6, 6.07) is 54.0.